The van der Waals surface area contributed by atoms with E-state index in [-0.39, 0.29) is 22.3 Å². The molecule has 3 rings (SSSR count). The highest BCUT2D eigenvalue weighted by molar-refractivity contribution is 6.33. The molecule has 1 aromatic heterocycles. The van der Waals surface area contributed by atoms with Crippen molar-refractivity contribution in [2.24, 2.45) is 0 Å². The first kappa shape index (κ1) is 16.1. The topological polar surface area (TPSA) is 64.1 Å². The number of hydrogen-bond donors (Lipinski definition) is 1. The number of halogens is 2. The van der Waals surface area contributed by atoms with Gasteiger partial charge in [-0.3, -0.25) is 4.79 Å². The average molecular weight is 346 g/mol. The van der Waals surface area contributed by atoms with E-state index in [9.17, 15) is 9.18 Å². The molecule has 0 atom stereocenters. The van der Waals surface area contributed by atoms with Crippen LogP contribution >= 0.6 is 11.6 Å². The number of nitrogens with one attached hydrogen (secondary N) is 1. The maximum Gasteiger partial charge on any atom is 0.279 e. The predicted octanol–water partition coefficient (Wildman–Crippen LogP) is 4.07. The van der Waals surface area contributed by atoms with Crippen LogP contribution in [-0.2, 0) is 0 Å². The lowest BCUT2D eigenvalue weighted by Gasteiger charge is -2.11. The second kappa shape index (κ2) is 6.80. The summed E-state index contributed by atoms with van der Waals surface area (Å²) in [6, 6.07) is 10.9. The van der Waals surface area contributed by atoms with E-state index in [0.29, 0.717) is 17.6 Å². The fraction of sp³-hybridized carbons (Fsp3) is 0.118. The minimum atomic E-state index is -0.537. The monoisotopic (exact) mass is 345 g/mol. The molecule has 0 aliphatic heterocycles. The van der Waals surface area contributed by atoms with Crippen LogP contribution in [0.5, 0.6) is 5.88 Å². The highest BCUT2D eigenvalue weighted by Gasteiger charge is 2.19. The van der Waals surface area contributed by atoms with Crippen molar-refractivity contribution >= 4 is 34.2 Å². The number of nitrogens with zero attached hydrogens (tertiary/aromatic N) is 2. The maximum absolute atomic E-state index is 13.1. The van der Waals surface area contributed by atoms with Gasteiger partial charge in [0.15, 0.2) is 5.69 Å². The summed E-state index contributed by atoms with van der Waals surface area (Å²) in [5, 5.41) is 2.69. The molecule has 0 saturated heterocycles. The first-order valence-electron chi connectivity index (χ1n) is 7.24. The number of fused-ring (bicyclic) bond motifs is 1. The van der Waals surface area contributed by atoms with Gasteiger partial charge in [-0.25, -0.2) is 14.4 Å². The van der Waals surface area contributed by atoms with Crippen LogP contribution in [0.25, 0.3) is 11.0 Å². The highest BCUT2D eigenvalue weighted by Crippen LogP contribution is 2.25. The smallest absolute Gasteiger partial charge is 0.279 e. The van der Waals surface area contributed by atoms with Crippen LogP contribution < -0.4 is 10.1 Å². The highest BCUT2D eigenvalue weighted by atomic mass is 35.5. The third-order valence-corrected chi connectivity index (χ3v) is 3.53. The summed E-state index contributed by atoms with van der Waals surface area (Å²) in [6.45, 7) is 2.13. The Labute approximate surface area is 142 Å². The van der Waals surface area contributed by atoms with E-state index in [1.807, 2.05) is 6.07 Å². The maximum atomic E-state index is 13.1. The molecular formula is C17H13ClFN3O2. The second-order valence-corrected chi connectivity index (χ2v) is 5.28. The van der Waals surface area contributed by atoms with Gasteiger partial charge in [0.2, 0.25) is 5.88 Å². The van der Waals surface area contributed by atoms with Crippen LogP contribution in [0, 0.1) is 5.82 Å². The molecule has 0 bridgehead atoms. The molecular weight excluding hydrogens is 333 g/mol. The molecule has 1 N–H and O–H groups in total. The number of benzene rings is 2. The fourth-order valence-electron chi connectivity index (χ4n) is 2.14. The second-order valence-electron chi connectivity index (χ2n) is 4.88. The Bertz CT molecular complexity index is 917. The zero-order valence-electron chi connectivity index (χ0n) is 12.7. The van der Waals surface area contributed by atoms with Crippen LogP contribution in [0.1, 0.15) is 17.4 Å². The van der Waals surface area contributed by atoms with Gasteiger partial charge in [-0.1, -0.05) is 23.7 Å². The largest absolute Gasteiger partial charge is 0.476 e. The van der Waals surface area contributed by atoms with Crippen molar-refractivity contribution in [1.82, 2.24) is 9.97 Å². The standard InChI is InChI=1S/C17H13ClFN3O2/c1-2-24-17-15(20-13-5-3-4-6-14(13)22-17)16(23)21-12-8-7-10(19)9-11(12)18/h3-9H,2H2,1H3,(H,21,23). The Morgan fingerprint density at radius 1 is 1.21 bits per heavy atom. The number of para-hydroxylation sites is 2. The van der Waals surface area contributed by atoms with Gasteiger partial charge in [0.1, 0.15) is 5.82 Å². The number of aromatic nitrogens is 2. The van der Waals surface area contributed by atoms with Gasteiger partial charge in [-0.15, -0.1) is 0 Å². The first-order chi connectivity index (χ1) is 11.6. The van der Waals surface area contributed by atoms with E-state index in [4.69, 9.17) is 16.3 Å². The minimum Gasteiger partial charge on any atom is -0.476 e. The molecule has 0 aliphatic carbocycles. The van der Waals surface area contributed by atoms with Crippen LogP contribution in [-0.4, -0.2) is 22.5 Å². The van der Waals surface area contributed by atoms with Gasteiger partial charge >= 0.3 is 0 Å². The van der Waals surface area contributed by atoms with Crippen molar-refractivity contribution in [2.75, 3.05) is 11.9 Å². The molecule has 2 aromatic carbocycles. The molecule has 1 heterocycles. The van der Waals surface area contributed by atoms with Gasteiger partial charge in [0.05, 0.1) is 28.4 Å². The lowest BCUT2D eigenvalue weighted by atomic mass is 10.2. The first-order valence-corrected chi connectivity index (χ1v) is 7.62. The normalized spacial score (nSPS) is 10.6. The van der Waals surface area contributed by atoms with Gasteiger partial charge in [0.25, 0.3) is 5.91 Å². The Morgan fingerprint density at radius 2 is 1.92 bits per heavy atom. The third-order valence-electron chi connectivity index (χ3n) is 3.21. The van der Waals surface area contributed by atoms with Crippen molar-refractivity contribution in [1.29, 1.82) is 0 Å². The average Bonchev–Trinajstić information content (AvgIpc) is 2.57. The Kier molecular flexibility index (Phi) is 4.57. The number of rotatable bonds is 4. The van der Waals surface area contributed by atoms with Crippen LogP contribution in [0.2, 0.25) is 5.02 Å². The Hall–Kier alpha value is -2.73. The number of carbonyl (C=O) groups is 1. The summed E-state index contributed by atoms with van der Waals surface area (Å²) in [7, 11) is 0. The minimum absolute atomic E-state index is 0.0379. The number of amides is 1. The molecule has 7 heteroatoms. The van der Waals surface area contributed by atoms with E-state index >= 15 is 0 Å². The molecule has 122 valence electrons. The molecule has 0 saturated carbocycles. The van der Waals surface area contributed by atoms with Crippen LogP contribution in [0.4, 0.5) is 10.1 Å². The number of anilines is 1. The molecule has 0 spiro atoms. The molecule has 0 unspecified atom stereocenters. The summed E-state index contributed by atoms with van der Waals surface area (Å²) in [6.07, 6.45) is 0. The quantitative estimate of drug-likeness (QED) is 0.774. The fourth-order valence-corrected chi connectivity index (χ4v) is 2.36. The molecule has 5 nitrogen and oxygen atoms in total. The lowest BCUT2D eigenvalue weighted by molar-refractivity contribution is 0.101. The number of ether oxygens (including phenoxy) is 1. The summed E-state index contributed by atoms with van der Waals surface area (Å²) in [5.74, 6) is -0.893. The van der Waals surface area contributed by atoms with Crippen molar-refractivity contribution in [3.8, 4) is 5.88 Å². The number of hydrogen-bond acceptors (Lipinski definition) is 4. The van der Waals surface area contributed by atoms with Crippen molar-refractivity contribution in [3.05, 3.63) is 59.0 Å². The third kappa shape index (κ3) is 3.28. The SMILES string of the molecule is CCOc1nc2ccccc2nc1C(=O)Nc1ccc(F)cc1Cl. The van der Waals surface area contributed by atoms with Crippen molar-refractivity contribution < 1.29 is 13.9 Å². The van der Waals surface area contributed by atoms with Crippen molar-refractivity contribution in [3.63, 3.8) is 0 Å². The van der Waals surface area contributed by atoms with Crippen molar-refractivity contribution in [2.45, 2.75) is 6.92 Å². The van der Waals surface area contributed by atoms with E-state index in [1.54, 1.807) is 25.1 Å². The molecule has 0 aliphatic rings. The summed E-state index contributed by atoms with van der Waals surface area (Å²) in [5.41, 5.74) is 1.50. The molecule has 0 fully saturated rings. The van der Waals surface area contributed by atoms with Crippen LogP contribution in [0.3, 0.4) is 0 Å². The summed E-state index contributed by atoms with van der Waals surface area (Å²) in [4.78, 5) is 21.2. The Morgan fingerprint density at radius 3 is 2.58 bits per heavy atom. The predicted molar refractivity (Wildman–Crippen MR) is 90.1 cm³/mol. The van der Waals surface area contributed by atoms with Gasteiger partial charge in [0, 0.05) is 0 Å². The summed E-state index contributed by atoms with van der Waals surface area (Å²) < 4.78 is 18.5. The van der Waals surface area contributed by atoms with E-state index in [1.165, 1.54) is 12.1 Å². The van der Waals surface area contributed by atoms with Gasteiger partial charge in [-0.05, 0) is 37.3 Å². The molecule has 3 aromatic rings. The zero-order chi connectivity index (χ0) is 17.1. The van der Waals surface area contributed by atoms with E-state index in [0.717, 1.165) is 6.07 Å². The molecule has 0 radical (unpaired) electrons. The Balaban J connectivity index is 1.99. The van der Waals surface area contributed by atoms with E-state index in [2.05, 4.69) is 15.3 Å². The summed E-state index contributed by atoms with van der Waals surface area (Å²) >= 11 is 5.94. The number of carbonyl (C=O) groups excluding carboxylic acids is 1. The zero-order valence-corrected chi connectivity index (χ0v) is 13.5. The van der Waals surface area contributed by atoms with Crippen LogP contribution in [0.15, 0.2) is 42.5 Å². The van der Waals surface area contributed by atoms with Gasteiger partial charge in [-0.2, -0.15) is 0 Å². The molecule has 1 amide bonds. The van der Waals surface area contributed by atoms with E-state index < -0.39 is 11.7 Å². The molecule has 24 heavy (non-hydrogen) atoms. The van der Waals surface area contributed by atoms with Gasteiger partial charge < -0.3 is 10.1 Å². The lowest BCUT2D eigenvalue weighted by Crippen LogP contribution is -2.17.